The van der Waals surface area contributed by atoms with Crippen LogP contribution in [0.1, 0.15) is 40.0 Å². The molecule has 2 heterocycles. The fourth-order valence-corrected chi connectivity index (χ4v) is 2.90. The van der Waals surface area contributed by atoms with E-state index in [1.165, 1.54) is 0 Å². The molecule has 0 spiro atoms. The standard InChI is InChI=1S/C16H24N2O3/c1-5-12-9-14(19)18(10-12)13-7-6-8-17(11-13)15(20)21-16(2,3)4/h1,12-13H,6-11H2,2-4H3/t12?,13-/m1/s1. The molecule has 0 bridgehead atoms. The lowest BCUT2D eigenvalue weighted by molar-refractivity contribution is -0.130. The maximum atomic E-state index is 12.1. The van der Waals surface area contributed by atoms with Gasteiger partial charge in [0.05, 0.1) is 0 Å². The van der Waals surface area contributed by atoms with Gasteiger partial charge in [-0.25, -0.2) is 4.79 Å². The van der Waals surface area contributed by atoms with Crippen molar-refractivity contribution in [1.82, 2.24) is 9.80 Å². The third-order valence-electron chi connectivity index (χ3n) is 3.88. The van der Waals surface area contributed by atoms with Crippen LogP contribution in [0.4, 0.5) is 4.79 Å². The first-order chi connectivity index (χ1) is 9.80. The number of terminal acetylenes is 1. The largest absolute Gasteiger partial charge is 0.444 e. The Morgan fingerprint density at radius 3 is 2.67 bits per heavy atom. The van der Waals surface area contributed by atoms with E-state index in [0.717, 1.165) is 12.8 Å². The summed E-state index contributed by atoms with van der Waals surface area (Å²) >= 11 is 0. The quantitative estimate of drug-likeness (QED) is 0.693. The molecule has 0 radical (unpaired) electrons. The van der Waals surface area contributed by atoms with E-state index in [0.29, 0.717) is 26.1 Å². The van der Waals surface area contributed by atoms with Gasteiger partial charge in [0.15, 0.2) is 0 Å². The summed E-state index contributed by atoms with van der Waals surface area (Å²) in [4.78, 5) is 27.7. The second-order valence-electron chi connectivity index (χ2n) is 6.84. The highest BCUT2D eigenvalue weighted by atomic mass is 16.6. The molecular formula is C16H24N2O3. The molecule has 2 aliphatic rings. The van der Waals surface area contributed by atoms with Crippen LogP contribution >= 0.6 is 0 Å². The molecule has 2 aliphatic heterocycles. The smallest absolute Gasteiger partial charge is 0.410 e. The van der Waals surface area contributed by atoms with Crippen molar-refractivity contribution in [3.05, 3.63) is 0 Å². The predicted molar refractivity (Wildman–Crippen MR) is 79.5 cm³/mol. The molecule has 0 N–H and O–H groups in total. The summed E-state index contributed by atoms with van der Waals surface area (Å²) in [6, 6.07) is 0.0668. The summed E-state index contributed by atoms with van der Waals surface area (Å²) < 4.78 is 5.41. The van der Waals surface area contributed by atoms with Crippen molar-refractivity contribution in [3.8, 4) is 12.3 Å². The predicted octanol–water partition coefficient (Wildman–Crippen LogP) is 1.87. The molecule has 0 aromatic heterocycles. The molecule has 0 aromatic carbocycles. The Bertz CT molecular complexity index is 461. The average molecular weight is 292 g/mol. The van der Waals surface area contributed by atoms with Gasteiger partial charge in [-0.3, -0.25) is 4.79 Å². The minimum atomic E-state index is -0.498. The van der Waals surface area contributed by atoms with E-state index in [2.05, 4.69) is 5.92 Å². The number of rotatable bonds is 1. The van der Waals surface area contributed by atoms with Gasteiger partial charge in [0.2, 0.25) is 5.91 Å². The van der Waals surface area contributed by atoms with E-state index < -0.39 is 5.60 Å². The van der Waals surface area contributed by atoms with Crippen LogP contribution in [0.5, 0.6) is 0 Å². The van der Waals surface area contributed by atoms with Crippen molar-refractivity contribution >= 4 is 12.0 Å². The lowest BCUT2D eigenvalue weighted by atomic mass is 10.0. The van der Waals surface area contributed by atoms with Gasteiger partial charge in [0.1, 0.15) is 5.60 Å². The fourth-order valence-electron chi connectivity index (χ4n) is 2.90. The Balaban J connectivity index is 1.97. The van der Waals surface area contributed by atoms with Crippen molar-refractivity contribution < 1.29 is 14.3 Å². The summed E-state index contributed by atoms with van der Waals surface area (Å²) in [7, 11) is 0. The van der Waals surface area contributed by atoms with Crippen LogP contribution in [0.3, 0.4) is 0 Å². The molecular weight excluding hydrogens is 268 g/mol. The van der Waals surface area contributed by atoms with Crippen molar-refractivity contribution in [2.45, 2.75) is 51.7 Å². The normalized spacial score (nSPS) is 26.7. The molecule has 0 aliphatic carbocycles. The maximum Gasteiger partial charge on any atom is 0.410 e. The molecule has 2 saturated heterocycles. The van der Waals surface area contributed by atoms with Crippen LogP contribution in [0, 0.1) is 18.3 Å². The molecule has 0 saturated carbocycles. The Morgan fingerprint density at radius 2 is 2.10 bits per heavy atom. The van der Waals surface area contributed by atoms with Crippen molar-refractivity contribution in [1.29, 1.82) is 0 Å². The van der Waals surface area contributed by atoms with E-state index in [-0.39, 0.29) is 24.0 Å². The summed E-state index contributed by atoms with van der Waals surface area (Å²) in [6.07, 6.45) is 7.35. The molecule has 116 valence electrons. The first-order valence-electron chi connectivity index (χ1n) is 7.53. The third kappa shape index (κ3) is 3.90. The van der Waals surface area contributed by atoms with Gasteiger partial charge in [-0.15, -0.1) is 12.3 Å². The van der Waals surface area contributed by atoms with Crippen LogP contribution in [-0.4, -0.2) is 53.1 Å². The van der Waals surface area contributed by atoms with Crippen LogP contribution < -0.4 is 0 Å². The monoisotopic (exact) mass is 292 g/mol. The van der Waals surface area contributed by atoms with Crippen LogP contribution in [-0.2, 0) is 9.53 Å². The summed E-state index contributed by atoms with van der Waals surface area (Å²) in [5, 5.41) is 0. The van der Waals surface area contributed by atoms with Crippen molar-refractivity contribution in [2.75, 3.05) is 19.6 Å². The second-order valence-corrected chi connectivity index (χ2v) is 6.84. The number of amides is 2. The molecule has 2 rings (SSSR count). The van der Waals surface area contributed by atoms with Gasteiger partial charge in [-0.1, -0.05) is 0 Å². The zero-order valence-electron chi connectivity index (χ0n) is 13.1. The molecule has 1 unspecified atom stereocenters. The van der Waals surface area contributed by atoms with Gasteiger partial charge in [-0.05, 0) is 33.6 Å². The molecule has 0 aromatic rings. The van der Waals surface area contributed by atoms with Crippen LogP contribution in [0.15, 0.2) is 0 Å². The number of ether oxygens (including phenoxy) is 1. The second kappa shape index (κ2) is 5.97. The molecule has 5 heteroatoms. The molecule has 2 atom stereocenters. The summed E-state index contributed by atoms with van der Waals surface area (Å²) in [5.41, 5.74) is -0.498. The average Bonchev–Trinajstić information content (AvgIpc) is 2.78. The number of likely N-dealkylation sites (tertiary alicyclic amines) is 2. The third-order valence-corrected chi connectivity index (χ3v) is 3.88. The van der Waals surface area contributed by atoms with E-state index in [1.54, 1.807) is 4.90 Å². The number of hydrogen-bond donors (Lipinski definition) is 0. The van der Waals surface area contributed by atoms with Gasteiger partial charge in [-0.2, -0.15) is 0 Å². The Labute approximate surface area is 126 Å². The summed E-state index contributed by atoms with van der Waals surface area (Å²) in [5.74, 6) is 2.77. The van der Waals surface area contributed by atoms with E-state index in [1.807, 2.05) is 25.7 Å². The number of nitrogens with zero attached hydrogens (tertiary/aromatic N) is 2. The lowest BCUT2D eigenvalue weighted by Gasteiger charge is -2.38. The first-order valence-corrected chi connectivity index (χ1v) is 7.53. The first kappa shape index (κ1) is 15.7. The zero-order valence-corrected chi connectivity index (χ0v) is 13.1. The minimum Gasteiger partial charge on any atom is -0.444 e. The van der Waals surface area contributed by atoms with Crippen LogP contribution in [0.25, 0.3) is 0 Å². The van der Waals surface area contributed by atoms with Crippen molar-refractivity contribution in [3.63, 3.8) is 0 Å². The topological polar surface area (TPSA) is 49.9 Å². The lowest BCUT2D eigenvalue weighted by Crippen LogP contribution is -2.51. The Morgan fingerprint density at radius 1 is 1.38 bits per heavy atom. The molecule has 21 heavy (non-hydrogen) atoms. The van der Waals surface area contributed by atoms with E-state index in [9.17, 15) is 9.59 Å². The number of piperidine rings is 1. The zero-order chi connectivity index (χ0) is 15.6. The Kier molecular flexibility index (Phi) is 4.46. The number of carbonyl (C=O) groups excluding carboxylic acids is 2. The molecule has 2 amide bonds. The number of hydrogen-bond acceptors (Lipinski definition) is 3. The highest BCUT2D eigenvalue weighted by molar-refractivity contribution is 5.79. The maximum absolute atomic E-state index is 12.1. The highest BCUT2D eigenvalue weighted by Gasteiger charge is 2.37. The minimum absolute atomic E-state index is 0.00871. The SMILES string of the molecule is C#CC1CC(=O)N([C@@H]2CCCN(C(=O)OC(C)(C)C)C2)C1. The highest BCUT2D eigenvalue weighted by Crippen LogP contribution is 2.25. The number of carbonyl (C=O) groups is 2. The van der Waals surface area contributed by atoms with E-state index in [4.69, 9.17) is 11.2 Å². The fraction of sp³-hybridized carbons (Fsp3) is 0.750. The van der Waals surface area contributed by atoms with E-state index >= 15 is 0 Å². The van der Waals surface area contributed by atoms with Crippen molar-refractivity contribution in [2.24, 2.45) is 5.92 Å². The van der Waals surface area contributed by atoms with Gasteiger partial charge in [0.25, 0.3) is 0 Å². The molecule has 5 nitrogen and oxygen atoms in total. The van der Waals surface area contributed by atoms with Gasteiger partial charge < -0.3 is 14.5 Å². The van der Waals surface area contributed by atoms with Gasteiger partial charge in [0, 0.05) is 38.0 Å². The Hall–Kier alpha value is -1.70. The van der Waals surface area contributed by atoms with Gasteiger partial charge >= 0.3 is 6.09 Å². The molecule has 2 fully saturated rings. The van der Waals surface area contributed by atoms with Crippen LogP contribution in [0.2, 0.25) is 0 Å². The summed E-state index contributed by atoms with van der Waals surface area (Å²) in [6.45, 7) is 7.40.